The maximum absolute atomic E-state index is 12.3. The van der Waals surface area contributed by atoms with Crippen LogP contribution in [0.5, 0.6) is 0 Å². The number of hydrogen-bond donors (Lipinski definition) is 0. The van der Waals surface area contributed by atoms with Crippen LogP contribution in [0, 0.1) is 0 Å². The van der Waals surface area contributed by atoms with E-state index in [-0.39, 0.29) is 24.2 Å². The summed E-state index contributed by atoms with van der Waals surface area (Å²) in [6, 6.07) is 7.76. The average molecular weight is 299 g/mol. The summed E-state index contributed by atoms with van der Waals surface area (Å²) in [6.07, 6.45) is 1.95. The normalized spacial score (nSPS) is 22.6. The predicted molar refractivity (Wildman–Crippen MR) is 86.4 cm³/mol. The Balaban J connectivity index is 1.60. The van der Waals surface area contributed by atoms with Crippen molar-refractivity contribution in [3.8, 4) is 0 Å². The van der Waals surface area contributed by atoms with Gasteiger partial charge in [0.1, 0.15) is 0 Å². The molecule has 0 aliphatic carbocycles. The molecule has 0 radical (unpaired) electrons. The highest BCUT2D eigenvalue weighted by Crippen LogP contribution is 2.36. The Kier molecular flexibility index (Phi) is 3.65. The lowest BCUT2D eigenvalue weighted by Gasteiger charge is -2.32. The van der Waals surface area contributed by atoms with Gasteiger partial charge in [0, 0.05) is 18.7 Å². The van der Waals surface area contributed by atoms with Crippen molar-refractivity contribution < 1.29 is 14.1 Å². The van der Waals surface area contributed by atoms with Crippen LogP contribution in [0.2, 0.25) is 0 Å². The van der Waals surface area contributed by atoms with E-state index in [1.54, 1.807) is 0 Å². The van der Waals surface area contributed by atoms with Crippen LogP contribution in [0.15, 0.2) is 36.3 Å². The van der Waals surface area contributed by atoms with Crippen molar-refractivity contribution in [2.75, 3.05) is 6.54 Å². The van der Waals surface area contributed by atoms with Crippen molar-refractivity contribution in [3.05, 3.63) is 47.4 Å². The number of amides is 1. The van der Waals surface area contributed by atoms with E-state index >= 15 is 0 Å². The quantitative estimate of drug-likeness (QED) is 0.806. The van der Waals surface area contributed by atoms with Crippen molar-refractivity contribution >= 4 is 13.0 Å². The molecule has 0 unspecified atom stereocenters. The molecule has 22 heavy (non-hydrogen) atoms. The molecule has 116 valence electrons. The van der Waals surface area contributed by atoms with Gasteiger partial charge in [0.05, 0.1) is 11.2 Å². The first-order valence-corrected chi connectivity index (χ1v) is 7.70. The summed E-state index contributed by atoms with van der Waals surface area (Å²) < 4.78 is 11.8. The molecule has 0 spiro atoms. The number of hydrogen-bond acceptors (Lipinski definition) is 3. The number of carbonyl (C=O) groups is 1. The molecule has 0 atom stereocenters. The first-order chi connectivity index (χ1) is 10.3. The van der Waals surface area contributed by atoms with Crippen LogP contribution in [-0.4, -0.2) is 35.7 Å². The lowest BCUT2D eigenvalue weighted by molar-refractivity contribution is 0.00578. The number of rotatable bonds is 3. The van der Waals surface area contributed by atoms with Gasteiger partial charge in [0.2, 0.25) is 0 Å². The maximum Gasteiger partial charge on any atom is 0.486 e. The molecule has 5 heteroatoms. The van der Waals surface area contributed by atoms with Crippen LogP contribution >= 0.6 is 0 Å². The zero-order valence-electron chi connectivity index (χ0n) is 13.6. The molecule has 0 bridgehead atoms. The summed E-state index contributed by atoms with van der Waals surface area (Å²) in [6.45, 7) is 9.35. The predicted octanol–water partition coefficient (Wildman–Crippen LogP) is 2.83. The van der Waals surface area contributed by atoms with Crippen molar-refractivity contribution in [2.45, 2.75) is 45.4 Å². The van der Waals surface area contributed by atoms with Crippen LogP contribution < -0.4 is 0 Å². The molecular formula is C17H22BNO3. The average Bonchev–Trinajstić information content (AvgIpc) is 2.85. The number of nitrogens with zero attached hydrogens (tertiary/aromatic N) is 1. The Morgan fingerprint density at radius 1 is 1.18 bits per heavy atom. The largest absolute Gasteiger partial charge is 0.486 e. The third-order valence-corrected chi connectivity index (χ3v) is 4.79. The Bertz CT molecular complexity index is 608. The first-order valence-electron chi connectivity index (χ1n) is 7.70. The van der Waals surface area contributed by atoms with Gasteiger partial charge in [-0.2, -0.15) is 0 Å². The van der Waals surface area contributed by atoms with E-state index in [0.29, 0.717) is 13.1 Å². The minimum absolute atomic E-state index is 0.0918. The number of benzene rings is 1. The highest BCUT2D eigenvalue weighted by Gasteiger charge is 2.50. The van der Waals surface area contributed by atoms with Crippen molar-refractivity contribution in [1.82, 2.24) is 4.90 Å². The summed E-state index contributed by atoms with van der Waals surface area (Å²) in [4.78, 5) is 14.1. The molecule has 1 saturated heterocycles. The lowest BCUT2D eigenvalue weighted by atomic mass is 9.90. The van der Waals surface area contributed by atoms with Gasteiger partial charge in [-0.1, -0.05) is 30.3 Å². The van der Waals surface area contributed by atoms with Gasteiger partial charge in [-0.25, -0.2) is 0 Å². The van der Waals surface area contributed by atoms with E-state index < -0.39 is 0 Å². The molecule has 1 aromatic carbocycles. The highest BCUT2D eigenvalue weighted by atomic mass is 16.7. The fourth-order valence-electron chi connectivity index (χ4n) is 2.73. The van der Waals surface area contributed by atoms with E-state index in [9.17, 15) is 4.79 Å². The molecular weight excluding hydrogens is 277 g/mol. The summed E-state index contributed by atoms with van der Waals surface area (Å²) >= 11 is 0. The molecule has 4 nitrogen and oxygen atoms in total. The standard InChI is InChI=1S/C17H22BNO3/c1-16(2)17(3,4)22-18(21-16)10-7-11-19-12-13-8-5-6-9-14(13)15(19)20/h5-10H,11-12H2,1-4H3/b10-7+. The van der Waals surface area contributed by atoms with Crippen molar-refractivity contribution in [3.63, 3.8) is 0 Å². The van der Waals surface area contributed by atoms with Crippen LogP contribution in [0.1, 0.15) is 43.6 Å². The van der Waals surface area contributed by atoms with Gasteiger partial charge in [-0.3, -0.25) is 4.79 Å². The topological polar surface area (TPSA) is 38.8 Å². The molecule has 1 aromatic rings. The second-order valence-electron chi connectivity index (χ2n) is 6.90. The maximum atomic E-state index is 12.3. The Morgan fingerprint density at radius 2 is 1.82 bits per heavy atom. The molecule has 3 rings (SSSR count). The van der Waals surface area contributed by atoms with Crippen LogP contribution in [-0.2, 0) is 15.9 Å². The minimum Gasteiger partial charge on any atom is -0.400 e. The van der Waals surface area contributed by atoms with E-state index in [1.165, 1.54) is 0 Å². The van der Waals surface area contributed by atoms with Crippen LogP contribution in [0.25, 0.3) is 0 Å². The zero-order valence-corrected chi connectivity index (χ0v) is 13.6. The Labute approximate surface area is 132 Å². The molecule has 0 saturated carbocycles. The van der Waals surface area contributed by atoms with Gasteiger partial charge in [-0.15, -0.1) is 0 Å². The highest BCUT2D eigenvalue weighted by molar-refractivity contribution is 6.51. The monoisotopic (exact) mass is 299 g/mol. The number of carbonyl (C=O) groups excluding carboxylic acids is 1. The Morgan fingerprint density at radius 3 is 2.45 bits per heavy atom. The molecule has 1 amide bonds. The summed E-state index contributed by atoms with van der Waals surface area (Å²) in [5.74, 6) is 1.99. The molecule has 2 aliphatic heterocycles. The number of fused-ring (bicyclic) bond motifs is 1. The third-order valence-electron chi connectivity index (χ3n) is 4.79. The molecule has 1 fully saturated rings. The van der Waals surface area contributed by atoms with Gasteiger partial charge in [-0.05, 0) is 39.3 Å². The van der Waals surface area contributed by atoms with E-state index in [2.05, 4.69) is 0 Å². The summed E-state index contributed by atoms with van der Waals surface area (Å²) in [5, 5.41) is 0. The second kappa shape index (κ2) is 5.25. The first kappa shape index (κ1) is 15.3. The summed E-state index contributed by atoms with van der Waals surface area (Å²) in [7, 11) is -0.356. The van der Waals surface area contributed by atoms with Gasteiger partial charge in [0.15, 0.2) is 0 Å². The van der Waals surface area contributed by atoms with Gasteiger partial charge < -0.3 is 14.2 Å². The van der Waals surface area contributed by atoms with Gasteiger partial charge >= 0.3 is 7.12 Å². The van der Waals surface area contributed by atoms with Gasteiger partial charge in [0.25, 0.3) is 5.91 Å². The fraction of sp³-hybridized carbons (Fsp3) is 0.471. The van der Waals surface area contributed by atoms with E-state index in [0.717, 1.165) is 11.1 Å². The summed E-state index contributed by atoms with van der Waals surface area (Å²) in [5.41, 5.74) is 1.24. The smallest absolute Gasteiger partial charge is 0.400 e. The molecule has 2 heterocycles. The van der Waals surface area contributed by atoms with E-state index in [4.69, 9.17) is 9.31 Å². The molecule has 0 N–H and O–H groups in total. The third kappa shape index (κ3) is 2.59. The second-order valence-corrected chi connectivity index (χ2v) is 6.90. The Hall–Kier alpha value is -1.59. The van der Waals surface area contributed by atoms with Crippen molar-refractivity contribution in [1.29, 1.82) is 0 Å². The minimum atomic E-state index is -0.356. The van der Waals surface area contributed by atoms with Crippen LogP contribution in [0.4, 0.5) is 0 Å². The lowest BCUT2D eigenvalue weighted by Crippen LogP contribution is -2.41. The fourth-order valence-corrected chi connectivity index (χ4v) is 2.73. The van der Waals surface area contributed by atoms with Crippen molar-refractivity contribution in [2.24, 2.45) is 0 Å². The molecule has 0 aromatic heterocycles. The molecule has 2 aliphatic rings. The van der Waals surface area contributed by atoms with E-state index in [1.807, 2.05) is 68.9 Å². The van der Waals surface area contributed by atoms with Crippen LogP contribution in [0.3, 0.4) is 0 Å². The zero-order chi connectivity index (χ0) is 16.0. The SMILES string of the molecule is CC1(C)OB(/C=C/CN2Cc3ccccc3C2=O)OC1(C)C.